The van der Waals surface area contributed by atoms with Crippen LogP contribution in [0.1, 0.15) is 43.4 Å². The van der Waals surface area contributed by atoms with Gasteiger partial charge >= 0.3 is 0 Å². The van der Waals surface area contributed by atoms with Crippen LogP contribution >= 0.6 is 0 Å². The zero-order valence-corrected chi connectivity index (χ0v) is 25.8. The third-order valence-corrected chi connectivity index (χ3v) is 10.8. The predicted octanol–water partition coefficient (Wildman–Crippen LogP) is 2.63. The minimum atomic E-state index is -2.06. The van der Waals surface area contributed by atoms with Crippen LogP contribution in [0.2, 0.25) is 0 Å². The molecule has 6 atom stereocenters. The van der Waals surface area contributed by atoms with Crippen LogP contribution < -0.4 is 5.32 Å². The van der Waals surface area contributed by atoms with Gasteiger partial charge in [-0.1, -0.05) is 62.4 Å². The third kappa shape index (κ3) is 4.01. The molecule has 1 unspecified atom stereocenters. The number of aromatic amines is 1. The number of likely N-dealkylation sites (N-methyl/N-ethyl adjacent to an activating group) is 1. The zero-order chi connectivity index (χ0) is 31.2. The van der Waals surface area contributed by atoms with Crippen LogP contribution in [0.4, 0.5) is 0 Å². The third-order valence-electron chi connectivity index (χ3n) is 10.8. The second-order valence-electron chi connectivity index (χ2n) is 13.6. The number of piperazine rings is 1. The number of rotatable bonds is 5. The lowest BCUT2D eigenvalue weighted by Gasteiger charge is -2.48. The van der Waals surface area contributed by atoms with Crippen molar-refractivity contribution in [3.63, 3.8) is 0 Å². The van der Waals surface area contributed by atoms with Crippen LogP contribution in [0, 0.1) is 11.8 Å². The smallest absolute Gasteiger partial charge is 0.281 e. The molecular weight excluding hydrogens is 570 g/mol. The van der Waals surface area contributed by atoms with Gasteiger partial charge < -0.3 is 20.3 Å². The van der Waals surface area contributed by atoms with Gasteiger partial charge in [-0.3, -0.25) is 28.9 Å². The number of amides is 3. The number of hydrogen-bond acceptors (Lipinski definition) is 6. The standard InChI is InChI=1S/C35H39N5O5/c1-20(2)34(37-31(41)23-16-25-24-11-7-12-26-30(24)22(18-36-26)17-27(25)38(3)19-23)33(43)40-28(15-21-9-5-4-6-10-21)32(42)39-14-8-13-29(39)35(40,44)45-34/h4-7,9-12,16,18,20,23,27-29,36,44H,8,13-15,17,19H2,1-3H3,(H,37,41)/t23-,27-,28+,29+,34?,35+/m1/s1. The molecule has 234 valence electrons. The van der Waals surface area contributed by atoms with Crippen LogP contribution in [0.5, 0.6) is 0 Å². The number of aromatic nitrogens is 1. The largest absolute Gasteiger partial charge is 0.361 e. The highest BCUT2D eigenvalue weighted by molar-refractivity contribution is 6.01. The Bertz CT molecular complexity index is 1750. The lowest BCUT2D eigenvalue weighted by Crippen LogP contribution is -2.71. The number of H-pyrrole nitrogens is 1. The second-order valence-corrected chi connectivity index (χ2v) is 13.6. The minimum Gasteiger partial charge on any atom is -0.361 e. The van der Waals surface area contributed by atoms with Gasteiger partial charge in [-0.15, -0.1) is 0 Å². The molecule has 0 saturated carbocycles. The Morgan fingerprint density at radius 2 is 1.96 bits per heavy atom. The number of carbonyl (C=O) groups excluding carboxylic acids is 3. The first-order chi connectivity index (χ1) is 21.6. The first-order valence-corrected chi connectivity index (χ1v) is 16.1. The van der Waals surface area contributed by atoms with E-state index in [1.807, 2.05) is 49.5 Å². The first kappa shape index (κ1) is 28.5. The molecule has 2 aromatic carbocycles. The van der Waals surface area contributed by atoms with E-state index in [0.717, 1.165) is 28.6 Å². The van der Waals surface area contributed by atoms with E-state index in [1.54, 1.807) is 18.7 Å². The number of aliphatic hydroxyl groups is 1. The Labute approximate surface area is 262 Å². The van der Waals surface area contributed by atoms with E-state index in [0.29, 0.717) is 25.9 Å². The van der Waals surface area contributed by atoms with Crippen LogP contribution in [-0.4, -0.2) is 92.4 Å². The molecule has 4 aliphatic heterocycles. The lowest BCUT2D eigenvalue weighted by molar-refractivity contribution is -0.321. The number of benzene rings is 2. The average molecular weight is 610 g/mol. The lowest BCUT2D eigenvalue weighted by atomic mass is 9.79. The van der Waals surface area contributed by atoms with E-state index in [-0.39, 0.29) is 24.3 Å². The number of fused-ring (bicyclic) bond motifs is 5. The maximum atomic E-state index is 14.6. The van der Waals surface area contributed by atoms with Crippen molar-refractivity contribution in [1.29, 1.82) is 0 Å². The monoisotopic (exact) mass is 609 g/mol. The molecular formula is C35H39N5O5. The zero-order valence-electron chi connectivity index (χ0n) is 25.8. The van der Waals surface area contributed by atoms with E-state index in [2.05, 4.69) is 33.5 Å². The predicted molar refractivity (Wildman–Crippen MR) is 167 cm³/mol. The molecule has 5 heterocycles. The quantitative estimate of drug-likeness (QED) is 0.410. The fraction of sp³-hybridized carbons (Fsp3) is 0.457. The fourth-order valence-corrected chi connectivity index (χ4v) is 8.47. The Kier molecular flexibility index (Phi) is 6.33. The summed E-state index contributed by atoms with van der Waals surface area (Å²) in [6.07, 6.45) is 6.40. The van der Waals surface area contributed by atoms with E-state index in [1.165, 1.54) is 15.8 Å². The molecule has 5 aliphatic rings. The molecule has 3 amide bonds. The SMILES string of the molecule is CC(C)C1(NC(=O)[C@@H]2C=C3c4cccc5[nH]cc(c45)C[C@H]3N(C)C2)O[C@@]2(O)[C@@H]3CCCN3C(=O)[C@H](Cc3ccccc3)N2C1=O. The van der Waals surface area contributed by atoms with Crippen molar-refractivity contribution in [2.75, 3.05) is 20.1 Å². The fourth-order valence-electron chi connectivity index (χ4n) is 8.47. The molecule has 8 rings (SSSR count). The van der Waals surface area contributed by atoms with Crippen LogP contribution in [0.25, 0.3) is 16.5 Å². The summed E-state index contributed by atoms with van der Waals surface area (Å²) in [6, 6.07) is 14.2. The highest BCUT2D eigenvalue weighted by atomic mass is 16.7. The van der Waals surface area contributed by atoms with E-state index in [4.69, 9.17) is 4.74 Å². The summed E-state index contributed by atoms with van der Waals surface area (Å²) in [5, 5.41) is 16.5. The van der Waals surface area contributed by atoms with Gasteiger partial charge in [-0.25, -0.2) is 0 Å². The van der Waals surface area contributed by atoms with Gasteiger partial charge in [0.05, 0.1) is 5.92 Å². The number of nitrogens with zero attached hydrogens (tertiary/aromatic N) is 3. The van der Waals surface area contributed by atoms with Gasteiger partial charge in [-0.2, -0.15) is 0 Å². The molecule has 0 radical (unpaired) electrons. The summed E-state index contributed by atoms with van der Waals surface area (Å²) in [6.45, 7) is 4.56. The molecule has 1 aliphatic carbocycles. The molecule has 0 bridgehead atoms. The number of carbonyl (C=O) groups is 3. The maximum absolute atomic E-state index is 14.6. The summed E-state index contributed by atoms with van der Waals surface area (Å²) in [4.78, 5) is 51.2. The highest BCUT2D eigenvalue weighted by Crippen LogP contribution is 2.48. The van der Waals surface area contributed by atoms with Crippen molar-refractivity contribution < 1.29 is 24.2 Å². The van der Waals surface area contributed by atoms with Gasteiger partial charge in [0.25, 0.3) is 11.8 Å². The Morgan fingerprint density at radius 1 is 1.16 bits per heavy atom. The van der Waals surface area contributed by atoms with Gasteiger partial charge in [0.1, 0.15) is 12.1 Å². The molecule has 10 nitrogen and oxygen atoms in total. The minimum absolute atomic E-state index is 0.138. The van der Waals surface area contributed by atoms with Gasteiger partial charge in [-0.05, 0) is 54.6 Å². The summed E-state index contributed by atoms with van der Waals surface area (Å²) in [7, 11) is 2.03. The summed E-state index contributed by atoms with van der Waals surface area (Å²) in [5.41, 5.74) is 3.59. The van der Waals surface area contributed by atoms with Crippen LogP contribution in [0.3, 0.4) is 0 Å². The van der Waals surface area contributed by atoms with Gasteiger partial charge in [0.15, 0.2) is 0 Å². The molecule has 3 fully saturated rings. The van der Waals surface area contributed by atoms with Crippen molar-refractivity contribution in [1.82, 2.24) is 25.0 Å². The van der Waals surface area contributed by atoms with E-state index < -0.39 is 41.5 Å². The Morgan fingerprint density at radius 3 is 2.73 bits per heavy atom. The normalized spacial score (nSPS) is 32.5. The second kappa shape index (κ2) is 10.0. The Hall–Kier alpha value is -3.99. The molecule has 3 aromatic rings. The molecule has 0 spiro atoms. The van der Waals surface area contributed by atoms with E-state index >= 15 is 0 Å². The van der Waals surface area contributed by atoms with E-state index in [9.17, 15) is 19.5 Å². The average Bonchev–Trinajstić information content (AvgIpc) is 3.74. The van der Waals surface area contributed by atoms with Gasteiger partial charge in [0.2, 0.25) is 17.5 Å². The first-order valence-electron chi connectivity index (χ1n) is 16.1. The van der Waals surface area contributed by atoms with Crippen LogP contribution in [0.15, 0.2) is 60.8 Å². The van der Waals surface area contributed by atoms with Crippen molar-refractivity contribution in [2.24, 2.45) is 11.8 Å². The highest BCUT2D eigenvalue weighted by Gasteiger charge is 2.72. The van der Waals surface area contributed by atoms with Crippen molar-refractivity contribution >= 4 is 34.2 Å². The molecule has 3 N–H and O–H groups in total. The summed E-state index contributed by atoms with van der Waals surface area (Å²) < 4.78 is 6.49. The number of hydrogen-bond donors (Lipinski definition) is 3. The molecule has 10 heteroatoms. The summed E-state index contributed by atoms with van der Waals surface area (Å²) in [5.74, 6) is -4.27. The number of nitrogens with one attached hydrogen (secondary N) is 2. The molecule has 3 saturated heterocycles. The van der Waals surface area contributed by atoms with Gasteiger partial charge in [0, 0.05) is 48.6 Å². The maximum Gasteiger partial charge on any atom is 0.281 e. The van der Waals surface area contributed by atoms with Crippen molar-refractivity contribution in [3.8, 4) is 0 Å². The number of ether oxygens (including phenoxy) is 1. The van der Waals surface area contributed by atoms with Crippen LogP contribution in [-0.2, 0) is 32.0 Å². The van der Waals surface area contributed by atoms with Crippen molar-refractivity contribution in [3.05, 3.63) is 77.5 Å². The Balaban J connectivity index is 1.15. The summed E-state index contributed by atoms with van der Waals surface area (Å²) >= 11 is 0. The molecule has 1 aromatic heterocycles. The molecule has 45 heavy (non-hydrogen) atoms. The topological polar surface area (TPSA) is 118 Å². The van der Waals surface area contributed by atoms with Crippen molar-refractivity contribution in [2.45, 2.75) is 69.3 Å².